The number of hydrogen-bond donors (Lipinski definition) is 1. The van der Waals surface area contributed by atoms with Crippen molar-refractivity contribution >= 4 is 34.2 Å². The Kier molecular flexibility index (Phi) is 8.30. The zero-order valence-electron chi connectivity index (χ0n) is 12.5. The highest BCUT2D eigenvalue weighted by atomic mass is 79.9. The van der Waals surface area contributed by atoms with Gasteiger partial charge in [0.15, 0.2) is 0 Å². The highest BCUT2D eigenvalue weighted by Gasteiger charge is 2.21. The summed E-state index contributed by atoms with van der Waals surface area (Å²) in [4.78, 5) is 14.2. The number of nitrogens with one attached hydrogen (secondary N) is 1. The van der Waals surface area contributed by atoms with E-state index >= 15 is 0 Å². The lowest BCUT2D eigenvalue weighted by molar-refractivity contribution is -0.132. The Hall–Kier alpha value is -0.580. The first-order chi connectivity index (χ1) is 9.69. The minimum absolute atomic E-state index is 0. The minimum Gasteiger partial charge on any atom is -0.343 e. The molecule has 0 bridgehead atoms. The fourth-order valence-electron chi connectivity index (χ4n) is 2.74. The third kappa shape index (κ3) is 5.97. The van der Waals surface area contributed by atoms with Crippen molar-refractivity contribution in [3.8, 4) is 0 Å². The van der Waals surface area contributed by atoms with Crippen LogP contribution in [-0.4, -0.2) is 37.5 Å². The molecule has 1 amide bonds. The highest BCUT2D eigenvalue weighted by Crippen LogP contribution is 2.18. The molecule has 2 rings (SSSR count). The van der Waals surface area contributed by atoms with Gasteiger partial charge in [-0.1, -0.05) is 28.1 Å². The molecule has 0 spiro atoms. The molecular weight excluding hydrogens is 352 g/mol. The molecule has 0 atom stereocenters. The maximum absolute atomic E-state index is 12.2. The second-order valence-electron chi connectivity index (χ2n) is 5.51. The van der Waals surface area contributed by atoms with Gasteiger partial charge in [-0.2, -0.15) is 0 Å². The van der Waals surface area contributed by atoms with Crippen LogP contribution in [0, 0.1) is 5.92 Å². The van der Waals surface area contributed by atoms with Gasteiger partial charge in [-0.3, -0.25) is 4.79 Å². The van der Waals surface area contributed by atoms with Gasteiger partial charge in [-0.25, -0.2) is 0 Å². The van der Waals surface area contributed by atoms with Crippen LogP contribution in [-0.2, 0) is 11.2 Å². The number of halogens is 2. The van der Waals surface area contributed by atoms with Crippen molar-refractivity contribution in [1.29, 1.82) is 0 Å². The van der Waals surface area contributed by atoms with Crippen molar-refractivity contribution in [1.82, 2.24) is 10.2 Å². The molecule has 1 aliphatic rings. The normalized spacial score (nSPS) is 15.6. The van der Waals surface area contributed by atoms with Crippen LogP contribution < -0.4 is 5.32 Å². The smallest absolute Gasteiger partial charge is 0.222 e. The van der Waals surface area contributed by atoms with Gasteiger partial charge in [-0.05, 0) is 56.5 Å². The number of benzene rings is 1. The molecule has 118 valence electrons. The molecule has 3 nitrogen and oxygen atoms in total. The Bertz CT molecular complexity index is 430. The second kappa shape index (κ2) is 9.44. The summed E-state index contributed by atoms with van der Waals surface area (Å²) in [5, 5.41) is 3.23. The molecule has 1 aliphatic heterocycles. The van der Waals surface area contributed by atoms with Gasteiger partial charge in [0.2, 0.25) is 5.91 Å². The van der Waals surface area contributed by atoms with Gasteiger partial charge in [0.25, 0.3) is 0 Å². The number of carbonyl (C=O) groups is 1. The molecule has 1 aromatic rings. The molecule has 1 aromatic carbocycles. The predicted molar refractivity (Wildman–Crippen MR) is 92.9 cm³/mol. The average molecular weight is 376 g/mol. The molecule has 0 aliphatic carbocycles. The zero-order valence-corrected chi connectivity index (χ0v) is 14.9. The van der Waals surface area contributed by atoms with Crippen molar-refractivity contribution in [3.63, 3.8) is 0 Å². The van der Waals surface area contributed by atoms with E-state index < -0.39 is 0 Å². The van der Waals surface area contributed by atoms with E-state index in [0.29, 0.717) is 12.3 Å². The highest BCUT2D eigenvalue weighted by molar-refractivity contribution is 9.10. The number of piperidine rings is 1. The maximum Gasteiger partial charge on any atom is 0.222 e. The quantitative estimate of drug-likeness (QED) is 0.856. The third-order valence-electron chi connectivity index (χ3n) is 4.00. The first-order valence-corrected chi connectivity index (χ1v) is 8.15. The molecule has 1 heterocycles. The van der Waals surface area contributed by atoms with Gasteiger partial charge in [-0.15, -0.1) is 12.4 Å². The largest absolute Gasteiger partial charge is 0.343 e. The lowest BCUT2D eigenvalue weighted by Gasteiger charge is -2.32. The van der Waals surface area contributed by atoms with Crippen LogP contribution in [0.25, 0.3) is 0 Å². The van der Waals surface area contributed by atoms with Gasteiger partial charge in [0, 0.05) is 24.0 Å². The van der Waals surface area contributed by atoms with Crippen LogP contribution in [0.3, 0.4) is 0 Å². The van der Waals surface area contributed by atoms with Gasteiger partial charge >= 0.3 is 0 Å². The first-order valence-electron chi connectivity index (χ1n) is 7.36. The fraction of sp³-hybridized carbons (Fsp3) is 0.562. The Morgan fingerprint density at radius 1 is 1.29 bits per heavy atom. The Morgan fingerprint density at radius 3 is 2.48 bits per heavy atom. The average Bonchev–Trinajstić information content (AvgIpc) is 2.47. The van der Waals surface area contributed by atoms with Crippen LogP contribution in [0.2, 0.25) is 0 Å². The minimum atomic E-state index is 0. The van der Waals surface area contributed by atoms with E-state index in [2.05, 4.69) is 33.4 Å². The zero-order chi connectivity index (χ0) is 14.4. The summed E-state index contributed by atoms with van der Waals surface area (Å²) < 4.78 is 1.08. The lowest BCUT2D eigenvalue weighted by Crippen LogP contribution is -2.40. The van der Waals surface area contributed by atoms with Gasteiger partial charge < -0.3 is 10.2 Å². The number of nitrogens with zero attached hydrogens (tertiary/aromatic N) is 1. The SMILES string of the molecule is CNCC1CCN(C(=O)CCc2ccc(Br)cc2)CC1.Cl. The summed E-state index contributed by atoms with van der Waals surface area (Å²) in [6.45, 7) is 2.91. The van der Waals surface area contributed by atoms with E-state index in [0.717, 1.165) is 49.3 Å². The number of hydrogen-bond acceptors (Lipinski definition) is 2. The van der Waals surface area contributed by atoms with E-state index in [1.54, 1.807) is 0 Å². The Balaban J connectivity index is 0.00000220. The van der Waals surface area contributed by atoms with E-state index in [4.69, 9.17) is 0 Å². The van der Waals surface area contributed by atoms with Crippen molar-refractivity contribution < 1.29 is 4.79 Å². The van der Waals surface area contributed by atoms with Gasteiger partial charge in [0.1, 0.15) is 0 Å². The summed E-state index contributed by atoms with van der Waals surface area (Å²) in [6, 6.07) is 8.22. The van der Waals surface area contributed by atoms with Gasteiger partial charge in [0.05, 0.1) is 0 Å². The maximum atomic E-state index is 12.2. The van der Waals surface area contributed by atoms with E-state index in [1.807, 2.05) is 24.1 Å². The lowest BCUT2D eigenvalue weighted by atomic mass is 9.96. The summed E-state index contributed by atoms with van der Waals surface area (Å²) in [6.07, 6.45) is 3.72. The summed E-state index contributed by atoms with van der Waals surface area (Å²) in [5.41, 5.74) is 1.23. The standard InChI is InChI=1S/C16H23BrN2O.ClH/c1-18-12-14-8-10-19(11-9-14)16(20)7-4-13-2-5-15(17)6-3-13;/h2-3,5-6,14,18H,4,7-12H2,1H3;1H. The summed E-state index contributed by atoms with van der Waals surface area (Å²) >= 11 is 3.43. The number of rotatable bonds is 5. The van der Waals surface area contributed by atoms with Crippen molar-refractivity contribution in [2.75, 3.05) is 26.7 Å². The number of carbonyl (C=O) groups excluding carboxylic acids is 1. The molecule has 0 aromatic heterocycles. The molecule has 0 radical (unpaired) electrons. The van der Waals surface area contributed by atoms with Crippen molar-refractivity contribution in [2.24, 2.45) is 5.92 Å². The Labute approximate surface area is 142 Å². The monoisotopic (exact) mass is 374 g/mol. The van der Waals surface area contributed by atoms with Crippen LogP contribution >= 0.6 is 28.3 Å². The second-order valence-corrected chi connectivity index (χ2v) is 6.42. The van der Waals surface area contributed by atoms with Crippen LogP contribution in [0.15, 0.2) is 28.7 Å². The van der Waals surface area contributed by atoms with Crippen LogP contribution in [0.5, 0.6) is 0 Å². The molecule has 1 saturated heterocycles. The molecule has 5 heteroatoms. The fourth-order valence-corrected chi connectivity index (χ4v) is 3.00. The van der Waals surface area contributed by atoms with Crippen molar-refractivity contribution in [3.05, 3.63) is 34.3 Å². The van der Waals surface area contributed by atoms with E-state index in [9.17, 15) is 4.79 Å². The van der Waals surface area contributed by atoms with Crippen LogP contribution in [0.4, 0.5) is 0 Å². The predicted octanol–water partition coefficient (Wildman–Crippen LogP) is 3.26. The number of amides is 1. The molecule has 1 fully saturated rings. The number of likely N-dealkylation sites (tertiary alicyclic amines) is 1. The van der Waals surface area contributed by atoms with Crippen molar-refractivity contribution in [2.45, 2.75) is 25.7 Å². The Morgan fingerprint density at radius 2 is 1.90 bits per heavy atom. The molecule has 1 N–H and O–H groups in total. The van der Waals surface area contributed by atoms with E-state index in [1.165, 1.54) is 5.56 Å². The molecule has 0 saturated carbocycles. The topological polar surface area (TPSA) is 32.3 Å². The first kappa shape index (κ1) is 18.5. The molecular formula is C16H24BrClN2O. The third-order valence-corrected chi connectivity index (χ3v) is 4.53. The molecule has 21 heavy (non-hydrogen) atoms. The number of aryl methyl sites for hydroxylation is 1. The van der Waals surface area contributed by atoms with E-state index in [-0.39, 0.29) is 12.4 Å². The van der Waals surface area contributed by atoms with Crippen LogP contribution in [0.1, 0.15) is 24.8 Å². The summed E-state index contributed by atoms with van der Waals surface area (Å²) in [5.74, 6) is 1.03. The molecule has 0 unspecified atom stereocenters. The summed E-state index contributed by atoms with van der Waals surface area (Å²) in [7, 11) is 2.00.